The summed E-state index contributed by atoms with van der Waals surface area (Å²) in [5.74, 6) is -0.339. The van der Waals surface area contributed by atoms with Crippen LogP contribution in [0.2, 0.25) is 0 Å². The van der Waals surface area contributed by atoms with Crippen LogP contribution >= 0.6 is 0 Å². The fourth-order valence-corrected chi connectivity index (χ4v) is 4.91. The zero-order valence-corrected chi connectivity index (χ0v) is 18.1. The molecule has 1 saturated heterocycles. The number of aromatic nitrogens is 1. The topological polar surface area (TPSA) is 71.8 Å². The fourth-order valence-electron chi connectivity index (χ4n) is 4.91. The number of carbonyl (C=O) groups excluding carboxylic acids is 1. The van der Waals surface area contributed by atoms with Crippen LogP contribution in [0.15, 0.2) is 54.6 Å². The average Bonchev–Trinajstić information content (AvgIpc) is 3.10. The first-order valence-electron chi connectivity index (χ1n) is 11.0. The molecule has 3 heterocycles. The van der Waals surface area contributed by atoms with E-state index < -0.39 is 11.6 Å². The number of carboxylic acid groups (broad SMARTS) is 1. The zero-order chi connectivity index (χ0) is 22.3. The maximum Gasteiger partial charge on any atom is 0.328 e. The van der Waals surface area contributed by atoms with Crippen LogP contribution < -0.4 is 4.74 Å². The molecule has 6 heteroatoms. The van der Waals surface area contributed by atoms with Gasteiger partial charge in [0.05, 0.1) is 12.0 Å². The van der Waals surface area contributed by atoms with Crippen molar-refractivity contribution in [3.63, 3.8) is 0 Å². The lowest BCUT2D eigenvalue weighted by molar-refractivity contribution is -0.131. The molecule has 1 aromatic heterocycles. The lowest BCUT2D eigenvalue weighted by Gasteiger charge is -2.44. The van der Waals surface area contributed by atoms with E-state index in [1.807, 2.05) is 0 Å². The van der Waals surface area contributed by atoms with Crippen molar-refractivity contribution in [3.8, 4) is 5.75 Å². The Hall–Kier alpha value is -3.38. The van der Waals surface area contributed by atoms with Crippen LogP contribution in [-0.2, 0) is 18.4 Å². The molecule has 0 saturated carbocycles. The lowest BCUT2D eigenvalue weighted by atomic mass is 9.82. The van der Waals surface area contributed by atoms with Crippen molar-refractivity contribution in [2.45, 2.75) is 31.4 Å². The smallest absolute Gasteiger partial charge is 0.328 e. The van der Waals surface area contributed by atoms with Crippen LogP contribution in [0.5, 0.6) is 5.75 Å². The number of hydrogen-bond acceptors (Lipinski definition) is 4. The predicted octanol–water partition coefficient (Wildman–Crippen LogP) is 4.28. The number of benzene rings is 2. The van der Waals surface area contributed by atoms with Crippen molar-refractivity contribution in [3.05, 3.63) is 71.4 Å². The predicted molar refractivity (Wildman–Crippen MR) is 123 cm³/mol. The molecular weight excluding hydrogens is 404 g/mol. The van der Waals surface area contributed by atoms with E-state index in [0.717, 1.165) is 38.6 Å². The van der Waals surface area contributed by atoms with E-state index in [-0.39, 0.29) is 5.78 Å². The van der Waals surface area contributed by atoms with Gasteiger partial charge in [-0.3, -0.25) is 9.69 Å². The fraction of sp³-hybridized carbons (Fsp3) is 0.308. The van der Waals surface area contributed by atoms with Gasteiger partial charge >= 0.3 is 5.97 Å². The van der Waals surface area contributed by atoms with Gasteiger partial charge in [0.1, 0.15) is 11.4 Å². The number of ether oxygens (including phenoxy) is 1. The number of carboxylic acids is 1. The number of likely N-dealkylation sites (tertiary alicyclic amines) is 1. The van der Waals surface area contributed by atoms with Crippen LogP contribution in [0.1, 0.15) is 40.9 Å². The first-order valence-corrected chi connectivity index (χ1v) is 11.0. The van der Waals surface area contributed by atoms with Crippen LogP contribution in [0.25, 0.3) is 17.0 Å². The summed E-state index contributed by atoms with van der Waals surface area (Å²) >= 11 is 0. The number of carbonyl (C=O) groups is 2. The van der Waals surface area contributed by atoms with Crippen LogP contribution in [0, 0.1) is 0 Å². The lowest BCUT2D eigenvalue weighted by Crippen LogP contribution is -2.50. The summed E-state index contributed by atoms with van der Waals surface area (Å²) in [5.41, 5.74) is 3.31. The van der Waals surface area contributed by atoms with Gasteiger partial charge in [0.25, 0.3) is 0 Å². The van der Waals surface area contributed by atoms with Crippen LogP contribution in [0.3, 0.4) is 0 Å². The summed E-state index contributed by atoms with van der Waals surface area (Å²) in [7, 11) is 2.11. The zero-order valence-electron chi connectivity index (χ0n) is 18.1. The van der Waals surface area contributed by atoms with E-state index in [1.165, 1.54) is 22.7 Å². The van der Waals surface area contributed by atoms with Gasteiger partial charge in [-0.2, -0.15) is 0 Å². The second-order valence-corrected chi connectivity index (χ2v) is 8.84. The number of piperidine rings is 1. The molecule has 2 aromatic carbocycles. The Morgan fingerprint density at radius 2 is 1.94 bits per heavy atom. The molecule has 0 radical (unpaired) electrons. The second-order valence-electron chi connectivity index (χ2n) is 8.84. The molecule has 1 N–H and O–H groups in total. The highest BCUT2D eigenvalue weighted by atomic mass is 16.5. The highest BCUT2D eigenvalue weighted by molar-refractivity contribution is 6.01. The maximum absolute atomic E-state index is 12.9. The van der Waals surface area contributed by atoms with Gasteiger partial charge < -0.3 is 14.4 Å². The Bertz CT molecular complexity index is 1230. The molecule has 164 valence electrons. The number of rotatable bonds is 4. The van der Waals surface area contributed by atoms with Crippen molar-refractivity contribution in [1.29, 1.82) is 0 Å². The van der Waals surface area contributed by atoms with Gasteiger partial charge in [-0.1, -0.05) is 24.3 Å². The molecule has 0 bridgehead atoms. The van der Waals surface area contributed by atoms with E-state index in [0.29, 0.717) is 23.3 Å². The molecule has 0 unspecified atom stereocenters. The van der Waals surface area contributed by atoms with Crippen molar-refractivity contribution < 1.29 is 19.4 Å². The number of Topliss-reactive ketones (excluding diaryl/α,β-unsaturated/α-hetero) is 1. The Balaban J connectivity index is 1.28. The van der Waals surface area contributed by atoms with E-state index in [4.69, 9.17) is 9.84 Å². The highest BCUT2D eigenvalue weighted by Crippen LogP contribution is 2.40. The Labute approximate surface area is 186 Å². The Morgan fingerprint density at radius 3 is 2.69 bits per heavy atom. The SMILES string of the molecule is Cn1c(CN2CCC3(CC2)CC(=O)c2cc(C=CC(=O)O)ccc2O3)cc2ccccc21. The summed E-state index contributed by atoms with van der Waals surface area (Å²) in [6.45, 7) is 2.64. The molecule has 2 aliphatic heterocycles. The molecule has 3 aromatic rings. The normalized spacial score (nSPS) is 18.2. The molecule has 1 spiro atoms. The quantitative estimate of drug-likeness (QED) is 0.626. The third-order valence-electron chi connectivity index (χ3n) is 6.74. The molecule has 32 heavy (non-hydrogen) atoms. The molecule has 2 aliphatic rings. The van der Waals surface area contributed by atoms with Crippen molar-refractivity contribution in [1.82, 2.24) is 9.47 Å². The molecule has 5 rings (SSSR count). The van der Waals surface area contributed by atoms with Gasteiger partial charge in [0.2, 0.25) is 0 Å². The minimum Gasteiger partial charge on any atom is -0.486 e. The minimum absolute atomic E-state index is 0.0685. The first kappa shape index (κ1) is 20.5. The van der Waals surface area contributed by atoms with Crippen LogP contribution in [0.4, 0.5) is 0 Å². The Kier molecular flexibility index (Phi) is 5.10. The molecule has 1 fully saturated rings. The van der Waals surface area contributed by atoms with Crippen LogP contribution in [-0.4, -0.2) is 45.0 Å². The second kappa shape index (κ2) is 7.95. The van der Waals surface area contributed by atoms with E-state index >= 15 is 0 Å². The minimum atomic E-state index is -1.01. The van der Waals surface area contributed by atoms with Gasteiger partial charge in [0, 0.05) is 56.8 Å². The number of para-hydroxylation sites is 1. The molecule has 0 aliphatic carbocycles. The average molecular weight is 431 g/mol. The van der Waals surface area contributed by atoms with E-state index in [2.05, 4.69) is 46.8 Å². The number of ketones is 1. The molecule has 0 amide bonds. The molecule has 0 atom stereocenters. The van der Waals surface area contributed by atoms with Crippen molar-refractivity contribution >= 4 is 28.7 Å². The van der Waals surface area contributed by atoms with Gasteiger partial charge in [-0.25, -0.2) is 4.79 Å². The summed E-state index contributed by atoms with van der Waals surface area (Å²) in [6, 6.07) is 16.0. The molecule has 6 nitrogen and oxygen atoms in total. The third kappa shape index (κ3) is 3.82. The van der Waals surface area contributed by atoms with E-state index in [9.17, 15) is 9.59 Å². The number of aryl methyl sites for hydroxylation is 1. The number of nitrogens with zero attached hydrogens (tertiary/aromatic N) is 2. The number of aliphatic carboxylic acids is 1. The largest absolute Gasteiger partial charge is 0.486 e. The number of hydrogen-bond donors (Lipinski definition) is 1. The summed E-state index contributed by atoms with van der Waals surface area (Å²) in [6.07, 6.45) is 4.55. The Morgan fingerprint density at radius 1 is 1.16 bits per heavy atom. The van der Waals surface area contributed by atoms with Gasteiger partial charge in [0.15, 0.2) is 5.78 Å². The van der Waals surface area contributed by atoms with Gasteiger partial charge in [-0.15, -0.1) is 0 Å². The monoisotopic (exact) mass is 430 g/mol. The standard InChI is InChI=1S/C26H26N2O4/c1-27-20(15-19-4-2-3-5-22(19)27)17-28-12-10-26(11-13-28)16-23(29)21-14-18(7-9-25(30)31)6-8-24(21)32-26/h2-9,14-15H,10-13,16-17H2,1H3,(H,30,31). The molecular formula is C26H26N2O4. The third-order valence-corrected chi connectivity index (χ3v) is 6.74. The number of fused-ring (bicyclic) bond motifs is 2. The highest BCUT2D eigenvalue weighted by Gasteiger charge is 2.43. The van der Waals surface area contributed by atoms with Gasteiger partial charge in [-0.05, 0) is 41.3 Å². The van der Waals surface area contributed by atoms with Crippen molar-refractivity contribution in [2.24, 2.45) is 7.05 Å². The van der Waals surface area contributed by atoms with E-state index in [1.54, 1.807) is 18.2 Å². The summed E-state index contributed by atoms with van der Waals surface area (Å²) in [5, 5.41) is 10.1. The summed E-state index contributed by atoms with van der Waals surface area (Å²) < 4.78 is 8.65. The maximum atomic E-state index is 12.9. The van der Waals surface area contributed by atoms with Crippen molar-refractivity contribution in [2.75, 3.05) is 13.1 Å². The summed E-state index contributed by atoms with van der Waals surface area (Å²) in [4.78, 5) is 26.1. The first-order chi connectivity index (χ1) is 15.4.